The minimum atomic E-state index is 0.0366. The minimum Gasteiger partial charge on any atom is -0.439 e. The summed E-state index contributed by atoms with van der Waals surface area (Å²) >= 11 is 0. The van der Waals surface area contributed by atoms with Crippen molar-refractivity contribution in [3.05, 3.63) is 47.7 Å². The zero-order chi connectivity index (χ0) is 13.9. The van der Waals surface area contributed by atoms with Crippen molar-refractivity contribution >= 4 is 11.6 Å². The van der Waals surface area contributed by atoms with Crippen molar-refractivity contribution in [3.63, 3.8) is 0 Å². The van der Waals surface area contributed by atoms with E-state index in [4.69, 9.17) is 10.00 Å². The highest BCUT2D eigenvalue weighted by atomic mass is 16.5. The van der Waals surface area contributed by atoms with Gasteiger partial charge in [0.25, 0.3) is 0 Å². The van der Waals surface area contributed by atoms with Gasteiger partial charge in [0.2, 0.25) is 11.8 Å². The normalized spacial score (nSPS) is 13.1. The van der Waals surface area contributed by atoms with E-state index in [-0.39, 0.29) is 5.91 Å². The molecule has 1 aromatic heterocycles. The maximum absolute atomic E-state index is 11.3. The third-order valence-electron chi connectivity index (χ3n) is 3.06. The number of nitrogens with zero attached hydrogens (tertiary/aromatic N) is 2. The number of nitriles is 1. The quantitative estimate of drug-likeness (QED) is 0.905. The summed E-state index contributed by atoms with van der Waals surface area (Å²) in [4.78, 5) is 15.4. The summed E-state index contributed by atoms with van der Waals surface area (Å²) < 4.78 is 5.64. The fourth-order valence-corrected chi connectivity index (χ4v) is 2.08. The number of ether oxygens (including phenoxy) is 1. The summed E-state index contributed by atoms with van der Waals surface area (Å²) in [5.74, 6) is 1.06. The zero-order valence-corrected chi connectivity index (χ0v) is 10.6. The summed E-state index contributed by atoms with van der Waals surface area (Å²) in [6.45, 7) is 0. The van der Waals surface area contributed by atoms with Gasteiger partial charge in [0, 0.05) is 24.4 Å². The van der Waals surface area contributed by atoms with Crippen LogP contribution in [0.15, 0.2) is 36.5 Å². The van der Waals surface area contributed by atoms with E-state index in [1.807, 2.05) is 18.2 Å². The molecule has 0 aliphatic carbocycles. The number of carbonyl (C=O) groups excluding carboxylic acids is 1. The van der Waals surface area contributed by atoms with Gasteiger partial charge in [0.15, 0.2) is 0 Å². The van der Waals surface area contributed by atoms with Crippen LogP contribution >= 0.6 is 0 Å². The highest BCUT2D eigenvalue weighted by Crippen LogP contribution is 2.29. The van der Waals surface area contributed by atoms with E-state index in [1.54, 1.807) is 18.2 Å². The second-order valence-electron chi connectivity index (χ2n) is 4.46. The van der Waals surface area contributed by atoms with Gasteiger partial charge in [-0.2, -0.15) is 5.26 Å². The van der Waals surface area contributed by atoms with E-state index < -0.39 is 0 Å². The minimum absolute atomic E-state index is 0.0366. The van der Waals surface area contributed by atoms with E-state index in [9.17, 15) is 4.79 Å². The second kappa shape index (κ2) is 5.02. The summed E-state index contributed by atoms with van der Waals surface area (Å²) in [6.07, 6.45) is 2.72. The number of hydrogen-bond acceptors (Lipinski definition) is 4. The monoisotopic (exact) mass is 265 g/mol. The Morgan fingerprint density at radius 1 is 1.25 bits per heavy atom. The molecule has 2 aromatic rings. The molecule has 1 aliphatic rings. The van der Waals surface area contributed by atoms with E-state index >= 15 is 0 Å². The molecule has 20 heavy (non-hydrogen) atoms. The number of fused-ring (bicyclic) bond motifs is 1. The molecule has 5 heteroatoms. The van der Waals surface area contributed by atoms with Crippen LogP contribution in [0.25, 0.3) is 0 Å². The van der Waals surface area contributed by atoms with Crippen molar-refractivity contribution in [2.24, 2.45) is 0 Å². The summed E-state index contributed by atoms with van der Waals surface area (Å²) in [5, 5.41) is 11.7. The maximum Gasteiger partial charge on any atom is 0.224 e. The Morgan fingerprint density at radius 2 is 2.15 bits per heavy atom. The molecule has 0 bridgehead atoms. The predicted molar refractivity (Wildman–Crippen MR) is 72.4 cm³/mol. The Morgan fingerprint density at radius 3 is 3.00 bits per heavy atom. The van der Waals surface area contributed by atoms with Gasteiger partial charge in [-0.3, -0.25) is 4.79 Å². The predicted octanol–water partition coefficient (Wildman–Crippen LogP) is 2.63. The standard InChI is InChI=1S/C15H11N3O2/c16-9-10-5-6-17-15(7-10)20-12-2-3-13-11(8-12)1-4-14(19)18-13/h2-3,5-8H,1,4H2,(H,18,19). The summed E-state index contributed by atoms with van der Waals surface area (Å²) in [5.41, 5.74) is 2.37. The first-order valence-electron chi connectivity index (χ1n) is 6.21. The largest absolute Gasteiger partial charge is 0.439 e. The zero-order valence-electron chi connectivity index (χ0n) is 10.6. The first-order chi connectivity index (χ1) is 9.74. The second-order valence-corrected chi connectivity index (χ2v) is 4.46. The lowest BCUT2D eigenvalue weighted by Crippen LogP contribution is -2.18. The van der Waals surface area contributed by atoms with Gasteiger partial charge >= 0.3 is 0 Å². The van der Waals surface area contributed by atoms with Crippen LogP contribution < -0.4 is 10.1 Å². The van der Waals surface area contributed by atoms with E-state index in [0.29, 0.717) is 30.0 Å². The molecule has 0 atom stereocenters. The average Bonchev–Trinajstić information content (AvgIpc) is 2.47. The van der Waals surface area contributed by atoms with Crippen molar-refractivity contribution in [2.75, 3.05) is 5.32 Å². The lowest BCUT2D eigenvalue weighted by molar-refractivity contribution is -0.116. The van der Waals surface area contributed by atoms with Crippen LogP contribution in [0, 0.1) is 11.3 Å². The lowest BCUT2D eigenvalue weighted by atomic mass is 10.0. The molecule has 0 saturated heterocycles. The number of aryl methyl sites for hydroxylation is 1. The molecular weight excluding hydrogens is 254 g/mol. The van der Waals surface area contributed by atoms with Crippen molar-refractivity contribution < 1.29 is 9.53 Å². The number of benzene rings is 1. The SMILES string of the molecule is N#Cc1ccnc(Oc2ccc3c(c2)CCC(=O)N3)c1. The molecule has 2 heterocycles. The summed E-state index contributed by atoms with van der Waals surface area (Å²) in [6, 6.07) is 10.7. The topological polar surface area (TPSA) is 75.0 Å². The average molecular weight is 265 g/mol. The van der Waals surface area contributed by atoms with Gasteiger partial charge in [-0.05, 0) is 36.2 Å². The number of aromatic nitrogens is 1. The molecule has 0 unspecified atom stereocenters. The molecule has 1 aliphatic heterocycles. The number of nitrogens with one attached hydrogen (secondary N) is 1. The van der Waals surface area contributed by atoms with Crippen molar-refractivity contribution in [2.45, 2.75) is 12.8 Å². The van der Waals surface area contributed by atoms with Crippen LogP contribution in [0.5, 0.6) is 11.6 Å². The van der Waals surface area contributed by atoms with Crippen LogP contribution in [0.2, 0.25) is 0 Å². The van der Waals surface area contributed by atoms with Crippen molar-refractivity contribution in [1.29, 1.82) is 5.26 Å². The number of pyridine rings is 1. The molecular formula is C15H11N3O2. The van der Waals surface area contributed by atoms with Gasteiger partial charge in [0.1, 0.15) is 5.75 Å². The Balaban J connectivity index is 1.85. The highest BCUT2D eigenvalue weighted by Gasteiger charge is 2.15. The highest BCUT2D eigenvalue weighted by molar-refractivity contribution is 5.94. The third kappa shape index (κ3) is 2.45. The third-order valence-corrected chi connectivity index (χ3v) is 3.06. The van der Waals surface area contributed by atoms with Gasteiger partial charge in [-0.1, -0.05) is 0 Å². The summed E-state index contributed by atoms with van der Waals surface area (Å²) in [7, 11) is 0. The maximum atomic E-state index is 11.3. The number of rotatable bonds is 2. The number of anilines is 1. The molecule has 3 rings (SSSR count). The molecule has 5 nitrogen and oxygen atoms in total. The number of hydrogen-bond donors (Lipinski definition) is 1. The molecule has 0 fully saturated rings. The van der Waals surface area contributed by atoms with Gasteiger partial charge in [-0.15, -0.1) is 0 Å². The Bertz CT molecular complexity index is 719. The van der Waals surface area contributed by atoms with E-state index in [1.165, 1.54) is 6.20 Å². The smallest absolute Gasteiger partial charge is 0.224 e. The van der Waals surface area contributed by atoms with Gasteiger partial charge in [-0.25, -0.2) is 4.98 Å². The van der Waals surface area contributed by atoms with E-state index in [2.05, 4.69) is 10.3 Å². The Hall–Kier alpha value is -2.87. The molecule has 0 radical (unpaired) electrons. The fraction of sp³-hybridized carbons (Fsp3) is 0.133. The Kier molecular flexibility index (Phi) is 3.05. The first-order valence-corrected chi connectivity index (χ1v) is 6.21. The van der Waals surface area contributed by atoms with Crippen molar-refractivity contribution in [1.82, 2.24) is 4.98 Å². The van der Waals surface area contributed by atoms with Crippen LogP contribution in [0.1, 0.15) is 17.5 Å². The lowest BCUT2D eigenvalue weighted by Gasteiger charge is -2.17. The first kappa shape index (κ1) is 12.2. The van der Waals surface area contributed by atoms with Crippen LogP contribution in [0.3, 0.4) is 0 Å². The van der Waals surface area contributed by atoms with E-state index in [0.717, 1.165) is 11.3 Å². The van der Waals surface area contributed by atoms with Crippen LogP contribution in [-0.2, 0) is 11.2 Å². The van der Waals surface area contributed by atoms with Gasteiger partial charge in [0.05, 0.1) is 11.6 Å². The molecule has 98 valence electrons. The van der Waals surface area contributed by atoms with Crippen LogP contribution in [-0.4, -0.2) is 10.9 Å². The molecule has 1 amide bonds. The molecule has 1 N–H and O–H groups in total. The van der Waals surface area contributed by atoms with Gasteiger partial charge < -0.3 is 10.1 Å². The fourth-order valence-electron chi connectivity index (χ4n) is 2.08. The molecule has 1 aromatic carbocycles. The number of carbonyl (C=O) groups is 1. The van der Waals surface area contributed by atoms with Crippen molar-refractivity contribution in [3.8, 4) is 17.7 Å². The Labute approximate surface area is 115 Å². The molecule has 0 spiro atoms. The molecule has 0 saturated carbocycles. The van der Waals surface area contributed by atoms with Crippen LogP contribution in [0.4, 0.5) is 5.69 Å². The number of amides is 1.